The Hall–Kier alpha value is -1.57. The largest absolute Gasteiger partial charge is 0.397 e. The van der Waals surface area contributed by atoms with E-state index in [1.165, 1.54) is 30.0 Å². The molecule has 0 aliphatic rings. The van der Waals surface area contributed by atoms with Crippen molar-refractivity contribution in [3.63, 3.8) is 0 Å². The van der Waals surface area contributed by atoms with Gasteiger partial charge in [-0.25, -0.2) is 12.7 Å². The first-order valence-corrected chi connectivity index (χ1v) is 8.75. The van der Waals surface area contributed by atoms with Crippen molar-refractivity contribution in [1.82, 2.24) is 4.31 Å². The van der Waals surface area contributed by atoms with Gasteiger partial charge < -0.3 is 10.6 Å². The van der Waals surface area contributed by atoms with E-state index in [4.69, 9.17) is 5.73 Å². The third-order valence-corrected chi connectivity index (χ3v) is 5.73. The van der Waals surface area contributed by atoms with Gasteiger partial charge in [0.15, 0.2) is 0 Å². The monoisotopic (exact) mass is 325 g/mol. The maximum absolute atomic E-state index is 12.2. The summed E-state index contributed by atoms with van der Waals surface area (Å²) in [6, 6.07) is 6.83. The molecule has 0 amide bonds. The minimum Gasteiger partial charge on any atom is -0.397 e. The summed E-state index contributed by atoms with van der Waals surface area (Å²) in [6.07, 6.45) is 0. The van der Waals surface area contributed by atoms with Gasteiger partial charge in [-0.3, -0.25) is 0 Å². The van der Waals surface area contributed by atoms with E-state index in [0.717, 1.165) is 0 Å². The van der Waals surface area contributed by atoms with E-state index in [2.05, 4.69) is 5.38 Å². The molecule has 2 N–H and O–H groups in total. The lowest BCUT2D eigenvalue weighted by Gasteiger charge is -2.22. The Labute approximate surface area is 129 Å². The smallest absolute Gasteiger partial charge is 0.242 e. The molecule has 0 unspecified atom stereocenters. The fourth-order valence-corrected chi connectivity index (χ4v) is 3.55. The third kappa shape index (κ3) is 3.37. The van der Waals surface area contributed by atoms with Crippen LogP contribution in [0.5, 0.6) is 0 Å². The first-order chi connectivity index (χ1) is 9.82. The Morgan fingerprint density at radius 1 is 1.19 bits per heavy atom. The van der Waals surface area contributed by atoms with Crippen LogP contribution in [0.2, 0.25) is 0 Å². The zero-order valence-corrected chi connectivity index (χ0v) is 13.9. The number of nitrogens with two attached hydrogens (primary N) is 1. The topological polar surface area (TPSA) is 66.6 Å². The van der Waals surface area contributed by atoms with Crippen molar-refractivity contribution in [2.45, 2.75) is 11.4 Å². The lowest BCUT2D eigenvalue weighted by atomic mass is 10.2. The van der Waals surface area contributed by atoms with Crippen LogP contribution >= 0.6 is 11.3 Å². The summed E-state index contributed by atoms with van der Waals surface area (Å²) in [6.45, 7) is 0.680. The van der Waals surface area contributed by atoms with Gasteiger partial charge in [0.25, 0.3) is 0 Å². The predicted molar refractivity (Wildman–Crippen MR) is 88.2 cm³/mol. The fourth-order valence-electron chi connectivity index (χ4n) is 1.97. The molecular formula is C14H19N3O2S2. The van der Waals surface area contributed by atoms with Gasteiger partial charge in [0.1, 0.15) is 0 Å². The number of nitrogens with zero attached hydrogens (tertiary/aromatic N) is 2. The Morgan fingerprint density at radius 3 is 2.48 bits per heavy atom. The summed E-state index contributed by atoms with van der Waals surface area (Å²) in [5.41, 5.74) is 8.43. The highest BCUT2D eigenvalue weighted by atomic mass is 32.2. The van der Waals surface area contributed by atoms with Crippen LogP contribution < -0.4 is 10.6 Å². The molecular weight excluding hydrogens is 306 g/mol. The molecule has 0 fully saturated rings. The van der Waals surface area contributed by atoms with Crippen molar-refractivity contribution in [3.05, 3.63) is 40.6 Å². The first kappa shape index (κ1) is 15.8. The number of thiophene rings is 1. The van der Waals surface area contributed by atoms with E-state index < -0.39 is 10.0 Å². The van der Waals surface area contributed by atoms with Crippen molar-refractivity contribution < 1.29 is 8.42 Å². The van der Waals surface area contributed by atoms with Crippen molar-refractivity contribution in [2.75, 3.05) is 31.8 Å². The van der Waals surface area contributed by atoms with Crippen LogP contribution in [0.3, 0.4) is 0 Å². The molecule has 0 saturated carbocycles. The molecule has 5 nitrogen and oxygen atoms in total. The summed E-state index contributed by atoms with van der Waals surface area (Å²) in [7, 11) is 1.47. The van der Waals surface area contributed by atoms with Crippen LogP contribution in [0.1, 0.15) is 5.56 Å². The van der Waals surface area contributed by atoms with E-state index in [-0.39, 0.29) is 4.90 Å². The van der Waals surface area contributed by atoms with Crippen molar-refractivity contribution >= 4 is 32.7 Å². The van der Waals surface area contributed by atoms with E-state index in [1.807, 2.05) is 23.4 Å². The zero-order valence-electron chi connectivity index (χ0n) is 12.3. The summed E-state index contributed by atoms with van der Waals surface area (Å²) in [5.74, 6) is 0. The van der Waals surface area contributed by atoms with Gasteiger partial charge in [0.05, 0.1) is 16.3 Å². The van der Waals surface area contributed by atoms with Gasteiger partial charge in [0.2, 0.25) is 10.0 Å². The number of hydrogen-bond donors (Lipinski definition) is 1. The molecule has 0 saturated heterocycles. The Kier molecular flexibility index (Phi) is 4.55. The second-order valence-electron chi connectivity index (χ2n) is 5.00. The molecule has 0 aliphatic heterocycles. The number of rotatable bonds is 5. The maximum atomic E-state index is 12.2. The van der Waals surface area contributed by atoms with Crippen LogP contribution in [0.15, 0.2) is 39.9 Å². The van der Waals surface area contributed by atoms with E-state index in [9.17, 15) is 8.42 Å². The van der Waals surface area contributed by atoms with Gasteiger partial charge >= 0.3 is 0 Å². The molecule has 0 spiro atoms. The molecule has 1 aromatic heterocycles. The fraction of sp³-hybridized carbons (Fsp3) is 0.286. The summed E-state index contributed by atoms with van der Waals surface area (Å²) < 4.78 is 25.6. The molecule has 2 aromatic rings. The highest BCUT2D eigenvalue weighted by Crippen LogP contribution is 2.28. The molecule has 0 radical (unpaired) electrons. The average Bonchev–Trinajstić information content (AvgIpc) is 2.91. The lowest BCUT2D eigenvalue weighted by Crippen LogP contribution is -2.23. The van der Waals surface area contributed by atoms with Gasteiger partial charge in [-0.05, 0) is 40.6 Å². The predicted octanol–water partition coefficient (Wildman–Crippen LogP) is 2.22. The number of hydrogen-bond acceptors (Lipinski definition) is 5. The Bertz CT molecular complexity index is 710. The number of benzene rings is 1. The summed E-state index contributed by atoms with van der Waals surface area (Å²) in [4.78, 5) is 2.19. The van der Waals surface area contributed by atoms with E-state index in [0.29, 0.717) is 17.9 Å². The molecule has 2 rings (SSSR count). The second-order valence-corrected chi connectivity index (χ2v) is 7.93. The van der Waals surface area contributed by atoms with Crippen molar-refractivity contribution in [2.24, 2.45) is 0 Å². The minimum absolute atomic E-state index is 0.244. The van der Waals surface area contributed by atoms with Gasteiger partial charge in [-0.2, -0.15) is 11.3 Å². The molecule has 114 valence electrons. The van der Waals surface area contributed by atoms with Gasteiger partial charge in [-0.15, -0.1) is 0 Å². The first-order valence-electron chi connectivity index (χ1n) is 6.36. The normalized spacial score (nSPS) is 11.8. The molecule has 1 heterocycles. The highest BCUT2D eigenvalue weighted by molar-refractivity contribution is 7.89. The molecule has 1 aromatic carbocycles. The van der Waals surface area contributed by atoms with Gasteiger partial charge in [-0.1, -0.05) is 0 Å². The Balaban J connectivity index is 2.35. The van der Waals surface area contributed by atoms with Crippen LogP contribution in [0.4, 0.5) is 11.4 Å². The van der Waals surface area contributed by atoms with Crippen molar-refractivity contribution in [1.29, 1.82) is 0 Å². The molecule has 0 aliphatic carbocycles. The molecule has 7 heteroatoms. The quantitative estimate of drug-likeness (QED) is 0.856. The van der Waals surface area contributed by atoms with Crippen LogP contribution in [0.25, 0.3) is 0 Å². The molecule has 21 heavy (non-hydrogen) atoms. The molecule has 0 bridgehead atoms. The maximum Gasteiger partial charge on any atom is 0.242 e. The second kappa shape index (κ2) is 6.05. The average molecular weight is 325 g/mol. The number of nitrogen functional groups attached to an aromatic ring is 1. The van der Waals surface area contributed by atoms with Gasteiger partial charge in [0, 0.05) is 27.7 Å². The SMILES string of the molecule is CN(Cc1ccsc1)c1cc(S(=O)(=O)N(C)C)ccc1N. The lowest BCUT2D eigenvalue weighted by molar-refractivity contribution is 0.521. The Morgan fingerprint density at radius 2 is 1.90 bits per heavy atom. The zero-order chi connectivity index (χ0) is 15.6. The minimum atomic E-state index is -3.46. The summed E-state index contributed by atoms with van der Waals surface area (Å²) >= 11 is 1.63. The molecule has 0 atom stereocenters. The van der Waals surface area contributed by atoms with E-state index >= 15 is 0 Å². The van der Waals surface area contributed by atoms with Crippen molar-refractivity contribution in [3.8, 4) is 0 Å². The number of sulfonamides is 1. The summed E-state index contributed by atoms with van der Waals surface area (Å²) in [5, 5.41) is 4.08. The van der Waals surface area contributed by atoms with Crippen LogP contribution in [-0.2, 0) is 16.6 Å². The third-order valence-electron chi connectivity index (χ3n) is 3.19. The highest BCUT2D eigenvalue weighted by Gasteiger charge is 2.19. The van der Waals surface area contributed by atoms with Crippen LogP contribution in [-0.4, -0.2) is 33.9 Å². The van der Waals surface area contributed by atoms with E-state index in [1.54, 1.807) is 23.5 Å². The van der Waals surface area contributed by atoms with Crippen LogP contribution in [0, 0.1) is 0 Å². The number of anilines is 2. The standard InChI is InChI=1S/C14H19N3O2S2/c1-16(2)21(18,19)12-4-5-13(15)14(8-12)17(3)9-11-6-7-20-10-11/h4-8,10H,9,15H2,1-3H3.